The lowest BCUT2D eigenvalue weighted by molar-refractivity contribution is 0.529. The summed E-state index contributed by atoms with van der Waals surface area (Å²) in [5.74, 6) is 0.857. The monoisotopic (exact) mass is 309 g/mol. The van der Waals surface area contributed by atoms with E-state index in [1.165, 1.54) is 5.69 Å². The zero-order valence-electron chi connectivity index (χ0n) is 13.1. The Morgan fingerprint density at radius 2 is 2.13 bits per heavy atom. The third-order valence-corrected chi connectivity index (χ3v) is 4.16. The van der Waals surface area contributed by atoms with Crippen LogP contribution in [-0.4, -0.2) is 43.9 Å². The largest absolute Gasteiger partial charge is 0.367 e. The maximum atomic E-state index is 4.55. The number of hydrogen-bond acceptors (Lipinski definition) is 6. The van der Waals surface area contributed by atoms with Gasteiger partial charge >= 0.3 is 0 Å². The zero-order valence-corrected chi connectivity index (χ0v) is 13.1. The highest BCUT2D eigenvalue weighted by atomic mass is 15.3. The molecule has 0 amide bonds. The molecule has 3 aromatic heterocycles. The van der Waals surface area contributed by atoms with Gasteiger partial charge in [-0.25, -0.2) is 9.97 Å². The van der Waals surface area contributed by atoms with Gasteiger partial charge in [-0.05, 0) is 25.0 Å². The number of aromatic nitrogens is 5. The van der Waals surface area contributed by atoms with E-state index < -0.39 is 0 Å². The van der Waals surface area contributed by atoms with Gasteiger partial charge in [0.05, 0.1) is 11.9 Å². The molecular weight excluding hydrogens is 290 g/mol. The van der Waals surface area contributed by atoms with Crippen molar-refractivity contribution >= 4 is 22.7 Å². The van der Waals surface area contributed by atoms with E-state index in [4.69, 9.17) is 0 Å². The van der Waals surface area contributed by atoms with Crippen LogP contribution in [0.5, 0.6) is 0 Å². The second-order valence-corrected chi connectivity index (χ2v) is 5.90. The Balaban J connectivity index is 1.48. The third-order valence-electron chi connectivity index (χ3n) is 4.16. The summed E-state index contributed by atoms with van der Waals surface area (Å²) in [6, 6.07) is 4.30. The SMILES string of the molecule is Cn1cc(N2CCCC(Nc3ccc4nccnc4n3)C2)cn1. The molecule has 1 aliphatic heterocycles. The highest BCUT2D eigenvalue weighted by Crippen LogP contribution is 2.21. The molecule has 1 saturated heterocycles. The van der Waals surface area contributed by atoms with Crippen molar-refractivity contribution in [3.8, 4) is 0 Å². The van der Waals surface area contributed by atoms with Gasteiger partial charge in [0.2, 0.25) is 0 Å². The highest BCUT2D eigenvalue weighted by Gasteiger charge is 2.21. The molecule has 23 heavy (non-hydrogen) atoms. The van der Waals surface area contributed by atoms with Crippen LogP contribution < -0.4 is 10.2 Å². The Hall–Kier alpha value is -2.70. The average Bonchev–Trinajstić information content (AvgIpc) is 3.02. The minimum atomic E-state index is 0.366. The molecule has 1 atom stereocenters. The van der Waals surface area contributed by atoms with Crippen LogP contribution >= 0.6 is 0 Å². The molecule has 0 spiro atoms. The minimum Gasteiger partial charge on any atom is -0.367 e. The molecule has 1 fully saturated rings. The van der Waals surface area contributed by atoms with E-state index >= 15 is 0 Å². The van der Waals surface area contributed by atoms with Crippen molar-refractivity contribution in [3.05, 3.63) is 36.9 Å². The fourth-order valence-electron chi connectivity index (χ4n) is 3.04. The lowest BCUT2D eigenvalue weighted by Gasteiger charge is -2.34. The smallest absolute Gasteiger partial charge is 0.180 e. The minimum absolute atomic E-state index is 0.366. The van der Waals surface area contributed by atoms with Crippen molar-refractivity contribution in [3.63, 3.8) is 0 Å². The molecule has 0 radical (unpaired) electrons. The van der Waals surface area contributed by atoms with Crippen LogP contribution in [0.15, 0.2) is 36.9 Å². The van der Waals surface area contributed by atoms with E-state index in [2.05, 4.69) is 36.5 Å². The van der Waals surface area contributed by atoms with Gasteiger partial charge in [0.1, 0.15) is 11.3 Å². The molecule has 7 nitrogen and oxygen atoms in total. The lowest BCUT2D eigenvalue weighted by atomic mass is 10.1. The van der Waals surface area contributed by atoms with Gasteiger partial charge in [0.25, 0.3) is 0 Å². The predicted molar refractivity (Wildman–Crippen MR) is 89.4 cm³/mol. The van der Waals surface area contributed by atoms with E-state index in [1.54, 1.807) is 12.4 Å². The Morgan fingerprint density at radius 3 is 3.00 bits per heavy atom. The summed E-state index contributed by atoms with van der Waals surface area (Å²) in [5.41, 5.74) is 2.67. The molecule has 0 aromatic carbocycles. The van der Waals surface area contributed by atoms with Crippen molar-refractivity contribution in [1.82, 2.24) is 24.7 Å². The van der Waals surface area contributed by atoms with Gasteiger partial charge in [0, 0.05) is 44.8 Å². The van der Waals surface area contributed by atoms with Gasteiger partial charge in [0.15, 0.2) is 5.65 Å². The van der Waals surface area contributed by atoms with Crippen LogP contribution in [0, 0.1) is 0 Å². The van der Waals surface area contributed by atoms with Crippen molar-refractivity contribution in [2.45, 2.75) is 18.9 Å². The first-order chi connectivity index (χ1) is 11.3. The summed E-state index contributed by atoms with van der Waals surface area (Å²) in [7, 11) is 1.95. The van der Waals surface area contributed by atoms with E-state index in [-0.39, 0.29) is 0 Å². The first kappa shape index (κ1) is 13.9. The molecule has 1 aliphatic rings. The molecule has 4 heterocycles. The Kier molecular flexibility index (Phi) is 3.53. The van der Waals surface area contributed by atoms with E-state index in [1.807, 2.05) is 30.1 Å². The predicted octanol–water partition coefficient (Wildman–Crippen LogP) is 1.84. The number of rotatable bonds is 3. The van der Waals surface area contributed by atoms with Crippen LogP contribution in [0.4, 0.5) is 11.5 Å². The van der Waals surface area contributed by atoms with Crippen LogP contribution in [0.1, 0.15) is 12.8 Å². The molecule has 1 N–H and O–H groups in total. The van der Waals surface area contributed by atoms with Crippen LogP contribution in [0.2, 0.25) is 0 Å². The summed E-state index contributed by atoms with van der Waals surface area (Å²) in [5, 5.41) is 7.79. The summed E-state index contributed by atoms with van der Waals surface area (Å²) in [4.78, 5) is 15.4. The fraction of sp³-hybridized carbons (Fsp3) is 0.375. The number of anilines is 2. The molecular formula is C16H19N7. The van der Waals surface area contributed by atoms with E-state index in [0.717, 1.165) is 37.3 Å². The average molecular weight is 309 g/mol. The van der Waals surface area contributed by atoms with Crippen LogP contribution in [0.25, 0.3) is 11.2 Å². The second-order valence-electron chi connectivity index (χ2n) is 5.90. The standard InChI is InChI=1S/C16H19N7/c1-22-11-13(9-19-22)23-8-2-3-12(10-23)20-15-5-4-14-16(21-15)18-7-6-17-14/h4-7,9,11-12H,2-3,8,10H2,1H3,(H,18,20,21). The van der Waals surface area contributed by atoms with Gasteiger partial charge < -0.3 is 10.2 Å². The second kappa shape index (κ2) is 5.83. The number of piperidine rings is 1. The van der Waals surface area contributed by atoms with Gasteiger partial charge in [-0.15, -0.1) is 0 Å². The number of fused-ring (bicyclic) bond motifs is 1. The maximum absolute atomic E-state index is 4.55. The number of hydrogen-bond donors (Lipinski definition) is 1. The summed E-state index contributed by atoms with van der Waals surface area (Å²) >= 11 is 0. The quantitative estimate of drug-likeness (QED) is 0.796. The van der Waals surface area contributed by atoms with E-state index in [0.29, 0.717) is 11.7 Å². The summed E-state index contributed by atoms with van der Waals surface area (Å²) in [6.45, 7) is 2.02. The molecule has 0 aliphatic carbocycles. The lowest BCUT2D eigenvalue weighted by Crippen LogP contribution is -2.42. The van der Waals surface area contributed by atoms with Gasteiger partial charge in [-0.1, -0.05) is 0 Å². The fourth-order valence-corrected chi connectivity index (χ4v) is 3.04. The third kappa shape index (κ3) is 2.94. The Morgan fingerprint density at radius 1 is 1.22 bits per heavy atom. The highest BCUT2D eigenvalue weighted by molar-refractivity contribution is 5.71. The normalized spacial score (nSPS) is 18.3. The molecule has 0 bridgehead atoms. The summed E-state index contributed by atoms with van der Waals surface area (Å²) in [6.07, 6.45) is 9.63. The number of nitrogens with zero attached hydrogens (tertiary/aromatic N) is 6. The molecule has 7 heteroatoms. The molecule has 118 valence electrons. The molecule has 1 unspecified atom stereocenters. The zero-order chi connectivity index (χ0) is 15.6. The van der Waals surface area contributed by atoms with Crippen molar-refractivity contribution in [1.29, 1.82) is 0 Å². The van der Waals surface area contributed by atoms with Crippen molar-refractivity contribution in [2.24, 2.45) is 7.05 Å². The van der Waals surface area contributed by atoms with Crippen molar-refractivity contribution < 1.29 is 0 Å². The number of aryl methyl sites for hydroxylation is 1. The summed E-state index contributed by atoms with van der Waals surface area (Å²) < 4.78 is 1.84. The Labute approximate surface area is 134 Å². The number of pyridine rings is 1. The van der Waals surface area contributed by atoms with Gasteiger partial charge in [-0.2, -0.15) is 5.10 Å². The first-order valence-corrected chi connectivity index (χ1v) is 7.86. The van der Waals surface area contributed by atoms with Gasteiger partial charge in [-0.3, -0.25) is 9.67 Å². The van der Waals surface area contributed by atoms with Crippen molar-refractivity contribution in [2.75, 3.05) is 23.3 Å². The Bertz CT molecular complexity index is 813. The van der Waals surface area contributed by atoms with E-state index in [9.17, 15) is 0 Å². The first-order valence-electron chi connectivity index (χ1n) is 7.86. The topological polar surface area (TPSA) is 71.8 Å². The van der Waals surface area contributed by atoms with Crippen LogP contribution in [0.3, 0.4) is 0 Å². The molecule has 4 rings (SSSR count). The van der Waals surface area contributed by atoms with Crippen LogP contribution in [-0.2, 0) is 7.05 Å². The maximum Gasteiger partial charge on any atom is 0.180 e. The molecule has 0 saturated carbocycles. The number of nitrogens with one attached hydrogen (secondary N) is 1. The molecule has 3 aromatic rings.